The third kappa shape index (κ3) is 5.26. The van der Waals surface area contributed by atoms with E-state index in [1.54, 1.807) is 19.1 Å². The number of rotatable bonds is 6. The number of oxazole rings is 1. The molecule has 1 fully saturated rings. The molecule has 0 spiro atoms. The van der Waals surface area contributed by atoms with Crippen LogP contribution in [-0.2, 0) is 9.59 Å². The number of ether oxygens (including phenoxy) is 1. The summed E-state index contributed by atoms with van der Waals surface area (Å²) in [7, 11) is 0. The first kappa shape index (κ1) is 23.9. The summed E-state index contributed by atoms with van der Waals surface area (Å²) in [5.41, 5.74) is 5.14. The minimum Gasteiger partial charge on any atom is -0.481 e. The molecule has 1 atom stereocenters. The average Bonchev–Trinajstić information content (AvgIpc) is 3.62. The third-order valence-electron chi connectivity index (χ3n) is 6.31. The number of benzene rings is 2. The molecule has 0 saturated carbocycles. The lowest BCUT2D eigenvalue weighted by Crippen LogP contribution is -2.50. The van der Waals surface area contributed by atoms with Crippen molar-refractivity contribution in [2.45, 2.75) is 25.9 Å². The van der Waals surface area contributed by atoms with E-state index in [9.17, 15) is 14.9 Å². The second kappa shape index (κ2) is 10.5. The summed E-state index contributed by atoms with van der Waals surface area (Å²) in [5.74, 6) is 0.571. The van der Waals surface area contributed by atoms with E-state index in [0.29, 0.717) is 43.3 Å². The van der Waals surface area contributed by atoms with E-state index in [4.69, 9.17) is 13.6 Å². The predicted octanol–water partition coefficient (Wildman–Crippen LogP) is 3.79. The number of fused-ring (bicyclic) bond motifs is 1. The van der Waals surface area contributed by atoms with Crippen molar-refractivity contribution in [3.05, 3.63) is 66.6 Å². The van der Waals surface area contributed by atoms with Crippen molar-refractivity contribution in [1.29, 1.82) is 5.26 Å². The summed E-state index contributed by atoms with van der Waals surface area (Å²) < 4.78 is 16.8. The number of furan rings is 1. The van der Waals surface area contributed by atoms with Crippen LogP contribution in [0.1, 0.15) is 25.5 Å². The van der Waals surface area contributed by atoms with Gasteiger partial charge >= 0.3 is 0 Å². The van der Waals surface area contributed by atoms with E-state index in [1.807, 2.05) is 47.4 Å². The van der Waals surface area contributed by atoms with Gasteiger partial charge in [0.25, 0.3) is 11.8 Å². The fourth-order valence-electron chi connectivity index (χ4n) is 4.27. The Hall–Kier alpha value is -4.78. The van der Waals surface area contributed by atoms with Gasteiger partial charge < -0.3 is 18.5 Å². The number of hydrazine groups is 1. The topological polar surface area (TPSA) is 134 Å². The monoisotopic (exact) mass is 499 g/mol. The highest BCUT2D eigenvalue weighted by atomic mass is 16.5. The van der Waals surface area contributed by atoms with Gasteiger partial charge in [-0.15, -0.1) is 0 Å². The van der Waals surface area contributed by atoms with Crippen LogP contribution in [0, 0.1) is 17.2 Å². The van der Waals surface area contributed by atoms with Crippen molar-refractivity contribution in [3.63, 3.8) is 0 Å². The Morgan fingerprint density at radius 3 is 2.62 bits per heavy atom. The molecule has 1 saturated heterocycles. The number of nitriles is 1. The van der Waals surface area contributed by atoms with Crippen molar-refractivity contribution in [1.82, 2.24) is 15.8 Å². The first-order chi connectivity index (χ1) is 18.0. The number of anilines is 1. The summed E-state index contributed by atoms with van der Waals surface area (Å²) in [6.45, 7) is 2.61. The molecule has 0 bridgehead atoms. The van der Waals surface area contributed by atoms with Gasteiger partial charge in [0.1, 0.15) is 11.8 Å². The van der Waals surface area contributed by atoms with Gasteiger partial charge in [-0.2, -0.15) is 10.2 Å². The minimum atomic E-state index is -0.803. The van der Waals surface area contributed by atoms with Crippen molar-refractivity contribution in [2.24, 2.45) is 5.92 Å². The highest BCUT2D eigenvalue weighted by Crippen LogP contribution is 2.31. The molecule has 0 aliphatic carbocycles. The molecule has 5 rings (SSSR count). The Bertz CT molecular complexity index is 1450. The lowest BCUT2D eigenvalue weighted by molar-refractivity contribution is -0.134. The van der Waals surface area contributed by atoms with E-state index in [2.05, 4.69) is 21.9 Å². The van der Waals surface area contributed by atoms with Crippen LogP contribution >= 0.6 is 0 Å². The van der Waals surface area contributed by atoms with Crippen LogP contribution in [0.3, 0.4) is 0 Å². The van der Waals surface area contributed by atoms with Crippen LogP contribution in [0.4, 0.5) is 5.88 Å². The van der Waals surface area contributed by atoms with Crippen LogP contribution in [0.15, 0.2) is 69.7 Å². The molecule has 0 radical (unpaired) electrons. The third-order valence-corrected chi connectivity index (χ3v) is 6.31. The van der Waals surface area contributed by atoms with Crippen molar-refractivity contribution >= 4 is 28.5 Å². The fourth-order valence-corrected chi connectivity index (χ4v) is 4.27. The number of aromatic nitrogens is 1. The molecular formula is C27H25N5O5. The van der Waals surface area contributed by atoms with E-state index < -0.39 is 12.0 Å². The van der Waals surface area contributed by atoms with Gasteiger partial charge in [0.15, 0.2) is 11.9 Å². The Morgan fingerprint density at radius 1 is 1.11 bits per heavy atom. The highest BCUT2D eigenvalue weighted by molar-refractivity contribution is 5.86. The standard InChI is InChI=1S/C27H25N5O5/c1-17(36-21-9-8-18-5-2-3-6-20(18)15-21)24(33)30-31-25(34)19-10-12-32(13-11-19)27-22(16-28)29-26(37-27)23-7-4-14-35-23/h2-9,14-15,17,19H,10-13H2,1H3,(H,30,33)(H,31,34). The molecule has 37 heavy (non-hydrogen) atoms. The van der Waals surface area contributed by atoms with Gasteiger partial charge in [-0.25, -0.2) is 0 Å². The SMILES string of the molecule is CC(Oc1ccc2ccccc2c1)C(=O)NNC(=O)C1CCN(c2oc(-c3ccco3)nc2C#N)CC1. The Kier molecular flexibility index (Phi) is 6.76. The van der Waals surface area contributed by atoms with E-state index in [0.717, 1.165) is 10.8 Å². The molecular weight excluding hydrogens is 474 g/mol. The summed E-state index contributed by atoms with van der Waals surface area (Å²) in [6.07, 6.45) is 1.74. The predicted molar refractivity (Wildman–Crippen MR) is 134 cm³/mol. The normalized spacial score (nSPS) is 14.6. The number of hydrogen-bond donors (Lipinski definition) is 2. The van der Waals surface area contributed by atoms with Crippen LogP contribution < -0.4 is 20.5 Å². The number of amides is 2. The van der Waals surface area contributed by atoms with E-state index in [1.165, 1.54) is 6.26 Å². The maximum absolute atomic E-state index is 12.7. The lowest BCUT2D eigenvalue weighted by Gasteiger charge is -2.31. The molecule has 2 N–H and O–H groups in total. The van der Waals surface area contributed by atoms with Gasteiger partial charge in [0.2, 0.25) is 17.5 Å². The molecule has 10 heteroatoms. The number of carbonyl (C=O) groups excluding carboxylic acids is 2. The largest absolute Gasteiger partial charge is 0.481 e. The summed E-state index contributed by atoms with van der Waals surface area (Å²) in [5, 5.41) is 11.6. The van der Waals surface area contributed by atoms with Gasteiger partial charge in [-0.3, -0.25) is 20.4 Å². The number of carbonyl (C=O) groups is 2. The zero-order chi connectivity index (χ0) is 25.8. The van der Waals surface area contributed by atoms with E-state index in [-0.39, 0.29) is 23.4 Å². The molecule has 10 nitrogen and oxygen atoms in total. The Labute approximate surface area is 212 Å². The first-order valence-corrected chi connectivity index (χ1v) is 12.0. The van der Waals surface area contributed by atoms with Crippen LogP contribution in [-0.4, -0.2) is 36.0 Å². The van der Waals surface area contributed by atoms with Gasteiger partial charge in [0.05, 0.1) is 6.26 Å². The molecule has 2 aromatic heterocycles. The number of piperidine rings is 1. The molecule has 2 aromatic carbocycles. The molecule has 3 heterocycles. The maximum Gasteiger partial charge on any atom is 0.279 e. The van der Waals surface area contributed by atoms with Crippen LogP contribution in [0.5, 0.6) is 5.75 Å². The Morgan fingerprint density at radius 2 is 1.89 bits per heavy atom. The van der Waals surface area contributed by atoms with Crippen LogP contribution in [0.25, 0.3) is 22.4 Å². The van der Waals surface area contributed by atoms with Crippen molar-refractivity contribution < 1.29 is 23.2 Å². The quantitative estimate of drug-likeness (QED) is 0.383. The summed E-state index contributed by atoms with van der Waals surface area (Å²) >= 11 is 0. The van der Waals surface area contributed by atoms with Crippen molar-refractivity contribution in [2.75, 3.05) is 18.0 Å². The summed E-state index contributed by atoms with van der Waals surface area (Å²) in [4.78, 5) is 31.3. The zero-order valence-corrected chi connectivity index (χ0v) is 20.1. The second-order valence-electron chi connectivity index (χ2n) is 8.77. The molecule has 2 amide bonds. The number of nitrogens with zero attached hydrogens (tertiary/aromatic N) is 3. The number of hydrogen-bond acceptors (Lipinski definition) is 8. The van der Waals surface area contributed by atoms with Crippen molar-refractivity contribution in [3.8, 4) is 23.5 Å². The molecule has 4 aromatic rings. The maximum atomic E-state index is 12.7. The smallest absolute Gasteiger partial charge is 0.279 e. The molecule has 1 aliphatic heterocycles. The minimum absolute atomic E-state index is 0.168. The molecule has 1 unspecified atom stereocenters. The fraction of sp³-hybridized carbons (Fsp3) is 0.259. The lowest BCUT2D eigenvalue weighted by atomic mass is 9.96. The summed E-state index contributed by atoms with van der Waals surface area (Å²) in [6, 6.07) is 18.9. The van der Waals surface area contributed by atoms with Gasteiger partial charge in [0, 0.05) is 19.0 Å². The average molecular weight is 500 g/mol. The Balaban J connectivity index is 1.11. The zero-order valence-electron chi connectivity index (χ0n) is 20.1. The highest BCUT2D eigenvalue weighted by Gasteiger charge is 2.30. The van der Waals surface area contributed by atoms with E-state index >= 15 is 0 Å². The molecule has 1 aliphatic rings. The van der Waals surface area contributed by atoms with Gasteiger partial charge in [-0.05, 0) is 54.8 Å². The first-order valence-electron chi connectivity index (χ1n) is 12.0. The van der Waals surface area contributed by atoms with Crippen LogP contribution in [0.2, 0.25) is 0 Å². The molecule has 188 valence electrons. The van der Waals surface area contributed by atoms with Gasteiger partial charge in [-0.1, -0.05) is 30.3 Å². The number of nitrogens with one attached hydrogen (secondary N) is 2. The second-order valence-corrected chi connectivity index (χ2v) is 8.77.